The lowest BCUT2D eigenvalue weighted by molar-refractivity contribution is 0.0527. The SMILES string of the molecule is CCOC(=O)c1cnc2[nH]ccc2c1NC1CCN(c2ccc(C#N)cn2)CC1. The first-order valence-electron chi connectivity index (χ1n) is 9.70. The van der Waals surface area contributed by atoms with E-state index in [-0.39, 0.29) is 12.0 Å². The maximum Gasteiger partial charge on any atom is 0.341 e. The van der Waals surface area contributed by atoms with Gasteiger partial charge < -0.3 is 19.9 Å². The summed E-state index contributed by atoms with van der Waals surface area (Å²) in [5.41, 5.74) is 2.52. The third kappa shape index (κ3) is 3.85. The molecule has 0 saturated carbocycles. The predicted octanol–water partition coefficient (Wildman–Crippen LogP) is 3.09. The van der Waals surface area contributed by atoms with Gasteiger partial charge in [-0.15, -0.1) is 0 Å². The first-order chi connectivity index (χ1) is 14.2. The highest BCUT2D eigenvalue weighted by molar-refractivity contribution is 6.04. The smallest absolute Gasteiger partial charge is 0.341 e. The highest BCUT2D eigenvalue weighted by Crippen LogP contribution is 2.29. The van der Waals surface area contributed by atoms with E-state index in [4.69, 9.17) is 10.00 Å². The molecule has 1 aliphatic rings. The molecule has 3 aromatic rings. The first-order valence-corrected chi connectivity index (χ1v) is 9.70. The molecule has 0 atom stereocenters. The molecule has 0 spiro atoms. The van der Waals surface area contributed by atoms with Crippen molar-refractivity contribution in [2.75, 3.05) is 29.9 Å². The lowest BCUT2D eigenvalue weighted by Crippen LogP contribution is -2.39. The van der Waals surface area contributed by atoms with E-state index in [1.54, 1.807) is 25.4 Å². The van der Waals surface area contributed by atoms with Gasteiger partial charge in [0.25, 0.3) is 0 Å². The zero-order chi connectivity index (χ0) is 20.2. The summed E-state index contributed by atoms with van der Waals surface area (Å²) in [7, 11) is 0. The molecular formula is C21H22N6O2. The molecule has 8 nitrogen and oxygen atoms in total. The van der Waals surface area contributed by atoms with Crippen LogP contribution in [0.2, 0.25) is 0 Å². The van der Waals surface area contributed by atoms with Crippen molar-refractivity contribution < 1.29 is 9.53 Å². The summed E-state index contributed by atoms with van der Waals surface area (Å²) in [5.74, 6) is 0.511. The molecule has 8 heteroatoms. The second-order valence-electron chi connectivity index (χ2n) is 6.93. The van der Waals surface area contributed by atoms with Crippen LogP contribution in [0.5, 0.6) is 0 Å². The van der Waals surface area contributed by atoms with Gasteiger partial charge in [0.05, 0.1) is 17.9 Å². The van der Waals surface area contributed by atoms with Crippen molar-refractivity contribution in [3.05, 3.63) is 47.9 Å². The number of aromatic amines is 1. The number of hydrogen-bond acceptors (Lipinski definition) is 7. The van der Waals surface area contributed by atoms with Crippen LogP contribution in [0.25, 0.3) is 11.0 Å². The van der Waals surface area contributed by atoms with Crippen LogP contribution in [0.1, 0.15) is 35.7 Å². The number of nitriles is 1. The van der Waals surface area contributed by atoms with Crippen LogP contribution in [0.4, 0.5) is 11.5 Å². The maximum absolute atomic E-state index is 12.4. The number of hydrogen-bond donors (Lipinski definition) is 2. The number of carbonyl (C=O) groups is 1. The predicted molar refractivity (Wildman–Crippen MR) is 110 cm³/mol. The zero-order valence-electron chi connectivity index (χ0n) is 16.2. The fourth-order valence-corrected chi connectivity index (χ4v) is 3.62. The zero-order valence-corrected chi connectivity index (χ0v) is 16.2. The molecule has 148 valence electrons. The molecule has 3 aromatic heterocycles. The first kappa shape index (κ1) is 18.7. The Morgan fingerprint density at radius 3 is 2.83 bits per heavy atom. The Hall–Kier alpha value is -3.60. The summed E-state index contributed by atoms with van der Waals surface area (Å²) in [4.78, 5) is 26.4. The standard InChI is InChI=1S/C21H22N6O2/c1-2-29-21(28)17-13-25-20-16(5-8-23-20)19(17)26-15-6-9-27(10-7-15)18-4-3-14(11-22)12-24-18/h3-5,8,12-13,15H,2,6-7,9-10H2,1H3,(H2,23,25,26). The summed E-state index contributed by atoms with van der Waals surface area (Å²) < 4.78 is 5.21. The van der Waals surface area contributed by atoms with Gasteiger partial charge in [-0.2, -0.15) is 5.26 Å². The number of nitrogens with zero attached hydrogens (tertiary/aromatic N) is 4. The summed E-state index contributed by atoms with van der Waals surface area (Å²) in [5, 5.41) is 13.4. The average Bonchev–Trinajstić information content (AvgIpc) is 3.24. The van der Waals surface area contributed by atoms with Crippen LogP contribution in [0.3, 0.4) is 0 Å². The van der Waals surface area contributed by atoms with Crippen LogP contribution >= 0.6 is 0 Å². The molecule has 0 aliphatic carbocycles. The van der Waals surface area contributed by atoms with Gasteiger partial charge in [0.1, 0.15) is 23.1 Å². The molecule has 0 radical (unpaired) electrons. The minimum Gasteiger partial charge on any atom is -0.462 e. The Morgan fingerprint density at radius 1 is 1.31 bits per heavy atom. The number of nitrogens with one attached hydrogen (secondary N) is 2. The van der Waals surface area contributed by atoms with E-state index in [9.17, 15) is 4.79 Å². The molecule has 0 unspecified atom stereocenters. The Labute approximate surface area is 168 Å². The molecule has 1 aliphatic heterocycles. The highest BCUT2D eigenvalue weighted by atomic mass is 16.5. The van der Waals surface area contributed by atoms with E-state index in [0.29, 0.717) is 17.7 Å². The van der Waals surface area contributed by atoms with Gasteiger partial charge in [-0.1, -0.05) is 0 Å². The topological polar surface area (TPSA) is 107 Å². The van der Waals surface area contributed by atoms with Gasteiger partial charge in [-0.25, -0.2) is 14.8 Å². The third-order valence-corrected chi connectivity index (χ3v) is 5.13. The summed E-state index contributed by atoms with van der Waals surface area (Å²) in [6.45, 7) is 3.79. The second kappa shape index (κ2) is 8.19. The van der Waals surface area contributed by atoms with Gasteiger partial charge >= 0.3 is 5.97 Å². The largest absolute Gasteiger partial charge is 0.462 e. The molecular weight excluding hydrogens is 368 g/mol. The molecule has 4 rings (SSSR count). The Morgan fingerprint density at radius 2 is 2.14 bits per heavy atom. The molecule has 1 fully saturated rings. The summed E-state index contributed by atoms with van der Waals surface area (Å²) in [6, 6.07) is 7.91. The number of aromatic nitrogens is 3. The number of ether oxygens (including phenoxy) is 1. The second-order valence-corrected chi connectivity index (χ2v) is 6.93. The molecule has 1 saturated heterocycles. The van der Waals surface area contributed by atoms with E-state index in [2.05, 4.69) is 31.2 Å². The Balaban J connectivity index is 1.49. The minimum absolute atomic E-state index is 0.221. The monoisotopic (exact) mass is 390 g/mol. The molecule has 2 N–H and O–H groups in total. The molecule has 29 heavy (non-hydrogen) atoms. The van der Waals surface area contributed by atoms with Crippen molar-refractivity contribution >= 4 is 28.5 Å². The van der Waals surface area contributed by atoms with E-state index >= 15 is 0 Å². The van der Waals surface area contributed by atoms with Crippen LogP contribution in [-0.4, -0.2) is 46.7 Å². The van der Waals surface area contributed by atoms with Crippen molar-refractivity contribution in [1.29, 1.82) is 5.26 Å². The fourth-order valence-electron chi connectivity index (χ4n) is 3.62. The average molecular weight is 390 g/mol. The highest BCUT2D eigenvalue weighted by Gasteiger charge is 2.24. The molecule has 0 amide bonds. The van der Waals surface area contributed by atoms with E-state index in [1.165, 1.54) is 0 Å². The number of anilines is 2. The van der Waals surface area contributed by atoms with E-state index < -0.39 is 0 Å². The maximum atomic E-state index is 12.4. The number of rotatable bonds is 5. The van der Waals surface area contributed by atoms with Crippen LogP contribution in [0.15, 0.2) is 36.8 Å². The number of carbonyl (C=O) groups excluding carboxylic acids is 1. The van der Waals surface area contributed by atoms with Crippen LogP contribution in [-0.2, 0) is 4.74 Å². The quantitative estimate of drug-likeness (QED) is 0.645. The number of fused-ring (bicyclic) bond motifs is 1. The lowest BCUT2D eigenvalue weighted by atomic mass is 10.0. The molecule has 0 bridgehead atoms. The van der Waals surface area contributed by atoms with Crippen LogP contribution in [0, 0.1) is 11.3 Å². The minimum atomic E-state index is -0.371. The van der Waals surface area contributed by atoms with Crippen molar-refractivity contribution in [1.82, 2.24) is 15.0 Å². The summed E-state index contributed by atoms with van der Waals surface area (Å²) in [6.07, 6.45) is 6.78. The summed E-state index contributed by atoms with van der Waals surface area (Å²) >= 11 is 0. The van der Waals surface area contributed by atoms with Gasteiger partial charge in [0.2, 0.25) is 0 Å². The van der Waals surface area contributed by atoms with Crippen LogP contribution < -0.4 is 10.2 Å². The van der Waals surface area contributed by atoms with Gasteiger partial charge in [-0.3, -0.25) is 0 Å². The number of esters is 1. The Bertz CT molecular complexity index is 1050. The molecule has 0 aromatic carbocycles. The third-order valence-electron chi connectivity index (χ3n) is 5.13. The van der Waals surface area contributed by atoms with Crippen molar-refractivity contribution in [2.45, 2.75) is 25.8 Å². The number of H-pyrrole nitrogens is 1. The fraction of sp³-hybridized carbons (Fsp3) is 0.333. The van der Waals surface area contributed by atoms with Gasteiger partial charge in [0.15, 0.2) is 0 Å². The van der Waals surface area contributed by atoms with E-state index in [0.717, 1.165) is 48.5 Å². The Kier molecular flexibility index (Phi) is 5.29. The van der Waals surface area contributed by atoms with Gasteiger partial charge in [0, 0.05) is 43.1 Å². The van der Waals surface area contributed by atoms with Gasteiger partial charge in [-0.05, 0) is 38.0 Å². The van der Waals surface area contributed by atoms with E-state index in [1.807, 2.05) is 18.3 Å². The van der Waals surface area contributed by atoms with Crippen molar-refractivity contribution in [2.24, 2.45) is 0 Å². The van der Waals surface area contributed by atoms with Crippen molar-refractivity contribution in [3.8, 4) is 6.07 Å². The normalized spacial score (nSPS) is 14.6. The number of pyridine rings is 2. The number of piperidine rings is 1. The lowest BCUT2D eigenvalue weighted by Gasteiger charge is -2.34. The molecule has 4 heterocycles. The van der Waals surface area contributed by atoms with Crippen molar-refractivity contribution in [3.63, 3.8) is 0 Å².